The molecule has 0 aliphatic rings. The summed E-state index contributed by atoms with van der Waals surface area (Å²) in [7, 11) is 0. The predicted octanol–water partition coefficient (Wildman–Crippen LogP) is 4.73. The van der Waals surface area contributed by atoms with Crippen molar-refractivity contribution in [3.63, 3.8) is 0 Å². The van der Waals surface area contributed by atoms with Crippen LogP contribution in [0, 0.1) is 6.92 Å². The largest absolute Gasteiger partial charge is 0.508 e. The summed E-state index contributed by atoms with van der Waals surface area (Å²) in [5, 5.41) is 13.6. The van der Waals surface area contributed by atoms with Gasteiger partial charge in [-0.2, -0.15) is 0 Å². The topological polar surface area (TPSA) is 32.3 Å². The van der Waals surface area contributed by atoms with Crippen molar-refractivity contribution in [1.29, 1.82) is 0 Å². The molecule has 0 bridgehead atoms. The fourth-order valence-corrected chi connectivity index (χ4v) is 2.09. The average molecular weight is 327 g/mol. The van der Waals surface area contributed by atoms with Crippen molar-refractivity contribution in [3.8, 4) is 5.75 Å². The molecule has 0 spiro atoms. The molecule has 0 amide bonds. The second-order valence-corrected chi connectivity index (χ2v) is 5.38. The minimum absolute atomic E-state index is 0.302. The summed E-state index contributed by atoms with van der Waals surface area (Å²) in [4.78, 5) is 0. The third-order valence-electron chi connectivity index (χ3n) is 2.64. The average Bonchev–Trinajstić information content (AvgIpc) is 2.34. The van der Waals surface area contributed by atoms with E-state index in [1.165, 1.54) is 0 Å². The molecule has 0 aliphatic carbocycles. The molecule has 0 heterocycles. The zero-order valence-electron chi connectivity index (χ0n) is 9.87. The summed E-state index contributed by atoms with van der Waals surface area (Å²) < 4.78 is 0.869. The van der Waals surface area contributed by atoms with E-state index in [-0.39, 0.29) is 0 Å². The lowest BCUT2D eigenvalue weighted by Crippen LogP contribution is -2.00. The molecule has 0 atom stereocenters. The van der Waals surface area contributed by atoms with Crippen molar-refractivity contribution in [1.82, 2.24) is 0 Å². The summed E-state index contributed by atoms with van der Waals surface area (Å²) in [6, 6.07) is 11.2. The highest BCUT2D eigenvalue weighted by molar-refractivity contribution is 9.10. The number of halogens is 2. The van der Waals surface area contributed by atoms with Gasteiger partial charge < -0.3 is 10.4 Å². The highest BCUT2D eigenvalue weighted by Gasteiger charge is 2.03. The van der Waals surface area contributed by atoms with Crippen LogP contribution in [0.2, 0.25) is 5.02 Å². The molecule has 0 aromatic heterocycles. The van der Waals surface area contributed by atoms with E-state index in [0.717, 1.165) is 21.3 Å². The van der Waals surface area contributed by atoms with Crippen LogP contribution in [0.25, 0.3) is 0 Å². The Hall–Kier alpha value is -1.19. The van der Waals surface area contributed by atoms with Crippen molar-refractivity contribution in [2.24, 2.45) is 0 Å². The van der Waals surface area contributed by atoms with Gasteiger partial charge >= 0.3 is 0 Å². The van der Waals surface area contributed by atoms with Gasteiger partial charge in [0, 0.05) is 22.3 Å². The number of anilines is 1. The first-order valence-corrected chi connectivity index (χ1v) is 6.71. The van der Waals surface area contributed by atoms with Gasteiger partial charge in [0.25, 0.3) is 0 Å². The maximum Gasteiger partial charge on any atom is 0.120 e. The summed E-state index contributed by atoms with van der Waals surface area (Å²) in [6.07, 6.45) is 0. The lowest BCUT2D eigenvalue weighted by atomic mass is 10.1. The van der Waals surface area contributed by atoms with Crippen molar-refractivity contribution in [2.45, 2.75) is 13.5 Å². The minimum atomic E-state index is 0.302. The molecule has 4 heteroatoms. The lowest BCUT2D eigenvalue weighted by molar-refractivity contribution is 0.469. The van der Waals surface area contributed by atoms with E-state index in [1.54, 1.807) is 6.07 Å². The summed E-state index contributed by atoms with van der Waals surface area (Å²) in [6.45, 7) is 2.56. The van der Waals surface area contributed by atoms with Gasteiger partial charge in [0.15, 0.2) is 0 Å². The standard InChI is InChI=1S/C14H13BrClNO/c1-9-2-5-14(18)10(6-9)8-17-11-3-4-12(15)13(16)7-11/h2-7,17-18H,8H2,1H3. The first kappa shape index (κ1) is 13.2. The first-order valence-electron chi connectivity index (χ1n) is 5.53. The molecule has 2 rings (SSSR count). The van der Waals surface area contributed by atoms with E-state index in [2.05, 4.69) is 21.2 Å². The van der Waals surface area contributed by atoms with Crippen LogP contribution in [0.3, 0.4) is 0 Å². The number of benzene rings is 2. The molecule has 0 unspecified atom stereocenters. The van der Waals surface area contributed by atoms with E-state index in [9.17, 15) is 5.11 Å². The molecular weight excluding hydrogens is 314 g/mol. The SMILES string of the molecule is Cc1ccc(O)c(CNc2ccc(Br)c(Cl)c2)c1. The zero-order chi connectivity index (χ0) is 13.1. The van der Waals surface area contributed by atoms with Crippen molar-refractivity contribution in [2.75, 3.05) is 5.32 Å². The Morgan fingerprint density at radius 3 is 2.72 bits per heavy atom. The highest BCUT2D eigenvalue weighted by atomic mass is 79.9. The number of hydrogen-bond donors (Lipinski definition) is 2. The molecule has 0 fully saturated rings. The van der Waals surface area contributed by atoms with Crippen molar-refractivity contribution >= 4 is 33.2 Å². The Kier molecular flexibility index (Phi) is 4.15. The van der Waals surface area contributed by atoms with Gasteiger partial charge in [-0.1, -0.05) is 29.3 Å². The van der Waals surface area contributed by atoms with E-state index < -0.39 is 0 Å². The van der Waals surface area contributed by atoms with Gasteiger partial charge in [-0.05, 0) is 47.1 Å². The summed E-state index contributed by atoms with van der Waals surface area (Å²) >= 11 is 9.36. The third kappa shape index (κ3) is 3.18. The predicted molar refractivity (Wildman–Crippen MR) is 79.3 cm³/mol. The van der Waals surface area contributed by atoms with Gasteiger partial charge in [0.2, 0.25) is 0 Å². The van der Waals surface area contributed by atoms with Gasteiger partial charge in [0.1, 0.15) is 5.75 Å². The molecule has 2 aromatic carbocycles. The van der Waals surface area contributed by atoms with Crippen molar-refractivity contribution < 1.29 is 5.11 Å². The van der Waals surface area contributed by atoms with E-state index in [1.807, 2.05) is 37.3 Å². The smallest absolute Gasteiger partial charge is 0.120 e. The summed E-state index contributed by atoms with van der Waals surface area (Å²) in [5.41, 5.74) is 2.91. The lowest BCUT2D eigenvalue weighted by Gasteiger charge is -2.09. The monoisotopic (exact) mass is 325 g/mol. The molecule has 0 saturated carbocycles. The number of rotatable bonds is 3. The van der Waals surface area contributed by atoms with Crippen LogP contribution in [0.5, 0.6) is 5.75 Å². The number of nitrogens with one attached hydrogen (secondary N) is 1. The Labute approximate surface area is 120 Å². The summed E-state index contributed by atoms with van der Waals surface area (Å²) in [5.74, 6) is 0.302. The number of aryl methyl sites for hydroxylation is 1. The fraction of sp³-hybridized carbons (Fsp3) is 0.143. The quantitative estimate of drug-likeness (QED) is 0.854. The Morgan fingerprint density at radius 1 is 1.22 bits per heavy atom. The molecule has 18 heavy (non-hydrogen) atoms. The van der Waals surface area contributed by atoms with Crippen LogP contribution in [-0.2, 0) is 6.54 Å². The first-order chi connectivity index (χ1) is 8.56. The zero-order valence-corrected chi connectivity index (χ0v) is 12.2. The molecule has 94 valence electrons. The molecule has 0 radical (unpaired) electrons. The van der Waals surface area contributed by atoms with Crippen LogP contribution < -0.4 is 5.32 Å². The molecule has 2 nitrogen and oxygen atoms in total. The molecular formula is C14H13BrClNO. The van der Waals surface area contributed by atoms with Crippen LogP contribution in [-0.4, -0.2) is 5.11 Å². The van der Waals surface area contributed by atoms with Crippen LogP contribution >= 0.6 is 27.5 Å². The second-order valence-electron chi connectivity index (χ2n) is 4.11. The number of hydrogen-bond acceptors (Lipinski definition) is 2. The number of phenolic OH excluding ortho intramolecular Hbond substituents is 1. The van der Waals surface area contributed by atoms with E-state index >= 15 is 0 Å². The number of aromatic hydroxyl groups is 1. The molecule has 0 saturated heterocycles. The number of phenols is 1. The minimum Gasteiger partial charge on any atom is -0.508 e. The highest BCUT2D eigenvalue weighted by Crippen LogP contribution is 2.26. The maximum atomic E-state index is 9.74. The van der Waals surface area contributed by atoms with Crippen LogP contribution in [0.4, 0.5) is 5.69 Å². The fourth-order valence-electron chi connectivity index (χ4n) is 1.66. The second kappa shape index (κ2) is 5.63. The van der Waals surface area contributed by atoms with E-state index in [4.69, 9.17) is 11.6 Å². The molecule has 2 aromatic rings. The van der Waals surface area contributed by atoms with Gasteiger partial charge in [-0.15, -0.1) is 0 Å². The van der Waals surface area contributed by atoms with Gasteiger partial charge in [0.05, 0.1) is 5.02 Å². The maximum absolute atomic E-state index is 9.74. The van der Waals surface area contributed by atoms with Crippen molar-refractivity contribution in [3.05, 3.63) is 57.0 Å². The van der Waals surface area contributed by atoms with Gasteiger partial charge in [-0.25, -0.2) is 0 Å². The Bertz CT molecular complexity index is 572. The van der Waals surface area contributed by atoms with Crippen LogP contribution in [0.15, 0.2) is 40.9 Å². The van der Waals surface area contributed by atoms with Gasteiger partial charge in [-0.3, -0.25) is 0 Å². The molecule has 0 aliphatic heterocycles. The van der Waals surface area contributed by atoms with Crippen LogP contribution in [0.1, 0.15) is 11.1 Å². The Balaban J connectivity index is 2.11. The van der Waals surface area contributed by atoms with E-state index in [0.29, 0.717) is 17.3 Å². The normalized spacial score (nSPS) is 10.4. The third-order valence-corrected chi connectivity index (χ3v) is 3.87. The Morgan fingerprint density at radius 2 is 2.00 bits per heavy atom. The molecule has 2 N–H and O–H groups in total.